The zero-order chi connectivity index (χ0) is 14.2. The molecule has 1 aromatic rings. The fourth-order valence-corrected chi connectivity index (χ4v) is 1.99. The fourth-order valence-electron chi connectivity index (χ4n) is 1.99. The second-order valence-electron chi connectivity index (χ2n) is 4.15. The number of aromatic nitrogens is 2. The molecule has 0 saturated carbocycles. The lowest BCUT2D eigenvalue weighted by atomic mass is 10.1. The molecule has 0 aliphatic carbocycles. The third-order valence-electron chi connectivity index (χ3n) is 2.95. The standard InChI is InChI=1S/C9H14N4O6/c10-4-1-11-3-13(4)7-5(15)6(16)9(2-14,19-7)12-8(17)18/h1,3,5-7,12,14-16H,2,10H2,(H,17,18)/t5-,6+,7?,9-/m1/s1. The van der Waals surface area contributed by atoms with Crippen molar-refractivity contribution >= 4 is 11.9 Å². The first-order valence-electron chi connectivity index (χ1n) is 5.34. The van der Waals surface area contributed by atoms with Gasteiger partial charge < -0.3 is 30.9 Å². The number of rotatable bonds is 3. The summed E-state index contributed by atoms with van der Waals surface area (Å²) < 4.78 is 6.48. The van der Waals surface area contributed by atoms with Gasteiger partial charge in [0.15, 0.2) is 12.0 Å². The van der Waals surface area contributed by atoms with E-state index in [1.54, 1.807) is 0 Å². The van der Waals surface area contributed by atoms with Crippen LogP contribution in [0.3, 0.4) is 0 Å². The molecule has 1 aromatic heterocycles. The van der Waals surface area contributed by atoms with Crippen molar-refractivity contribution in [2.75, 3.05) is 12.3 Å². The van der Waals surface area contributed by atoms with Crippen LogP contribution < -0.4 is 11.1 Å². The normalized spacial score (nSPS) is 34.4. The molecule has 106 valence electrons. The van der Waals surface area contributed by atoms with Gasteiger partial charge in [-0.25, -0.2) is 9.78 Å². The number of hydrogen-bond donors (Lipinski definition) is 6. The molecule has 0 aromatic carbocycles. The second kappa shape index (κ2) is 4.66. The number of hydrogen-bond acceptors (Lipinski definition) is 7. The molecule has 1 amide bonds. The maximum Gasteiger partial charge on any atom is 0.407 e. The van der Waals surface area contributed by atoms with Crippen molar-refractivity contribution in [3.63, 3.8) is 0 Å². The van der Waals surface area contributed by atoms with Crippen LogP contribution in [0.5, 0.6) is 0 Å². The van der Waals surface area contributed by atoms with Gasteiger partial charge in [-0.05, 0) is 0 Å². The van der Waals surface area contributed by atoms with Crippen molar-refractivity contribution in [1.82, 2.24) is 14.9 Å². The number of nitrogens with zero attached hydrogens (tertiary/aromatic N) is 2. The van der Waals surface area contributed by atoms with Crippen molar-refractivity contribution in [2.45, 2.75) is 24.2 Å². The number of aliphatic hydroxyl groups excluding tert-OH is 3. The lowest BCUT2D eigenvalue weighted by Crippen LogP contribution is -2.59. The number of nitrogens with one attached hydrogen (secondary N) is 1. The molecular weight excluding hydrogens is 260 g/mol. The summed E-state index contributed by atoms with van der Waals surface area (Å²) >= 11 is 0. The molecule has 4 atom stereocenters. The van der Waals surface area contributed by atoms with Gasteiger partial charge in [-0.1, -0.05) is 0 Å². The molecule has 1 unspecified atom stereocenters. The van der Waals surface area contributed by atoms with Crippen LogP contribution in [0.2, 0.25) is 0 Å². The van der Waals surface area contributed by atoms with E-state index in [0.717, 1.165) is 0 Å². The summed E-state index contributed by atoms with van der Waals surface area (Å²) in [6, 6.07) is 0. The molecule has 0 spiro atoms. The maximum absolute atomic E-state index is 10.7. The molecule has 1 fully saturated rings. The predicted molar refractivity (Wildman–Crippen MR) is 59.8 cm³/mol. The minimum absolute atomic E-state index is 0.153. The third-order valence-corrected chi connectivity index (χ3v) is 2.95. The first-order valence-corrected chi connectivity index (χ1v) is 5.34. The Bertz CT molecular complexity index is 479. The number of aliphatic hydroxyl groups is 3. The summed E-state index contributed by atoms with van der Waals surface area (Å²) in [6.07, 6.45) is -3.29. The number of nitrogens with two attached hydrogens (primary N) is 1. The van der Waals surface area contributed by atoms with Crippen LogP contribution in [0.15, 0.2) is 12.5 Å². The van der Waals surface area contributed by atoms with E-state index in [-0.39, 0.29) is 5.82 Å². The monoisotopic (exact) mass is 274 g/mol. The lowest BCUT2D eigenvalue weighted by molar-refractivity contribution is -0.141. The molecule has 0 radical (unpaired) electrons. The highest BCUT2D eigenvalue weighted by Gasteiger charge is 2.56. The highest BCUT2D eigenvalue weighted by Crippen LogP contribution is 2.36. The summed E-state index contributed by atoms with van der Waals surface area (Å²) in [5, 5.41) is 39.6. The van der Waals surface area contributed by atoms with E-state index < -0.39 is 36.9 Å². The Morgan fingerprint density at radius 3 is 2.79 bits per heavy atom. The van der Waals surface area contributed by atoms with Gasteiger partial charge in [-0.15, -0.1) is 0 Å². The zero-order valence-electron chi connectivity index (χ0n) is 9.67. The molecule has 2 rings (SSSR count). The van der Waals surface area contributed by atoms with E-state index in [2.05, 4.69) is 4.98 Å². The number of imidazole rings is 1. The van der Waals surface area contributed by atoms with E-state index in [4.69, 9.17) is 15.6 Å². The summed E-state index contributed by atoms with van der Waals surface area (Å²) in [4.78, 5) is 14.4. The minimum Gasteiger partial charge on any atom is -0.465 e. The first-order chi connectivity index (χ1) is 8.91. The topological polar surface area (TPSA) is 163 Å². The summed E-state index contributed by atoms with van der Waals surface area (Å²) in [6.45, 7) is -0.859. The smallest absolute Gasteiger partial charge is 0.407 e. The Hall–Kier alpha value is -1.88. The van der Waals surface area contributed by atoms with Gasteiger partial charge in [-0.2, -0.15) is 0 Å². The number of carbonyl (C=O) groups is 1. The van der Waals surface area contributed by atoms with Gasteiger partial charge in [0.1, 0.15) is 18.0 Å². The van der Waals surface area contributed by atoms with Gasteiger partial charge in [-0.3, -0.25) is 9.88 Å². The second-order valence-corrected chi connectivity index (χ2v) is 4.15. The molecule has 1 saturated heterocycles. The number of anilines is 1. The lowest BCUT2D eigenvalue weighted by Gasteiger charge is -2.29. The molecule has 0 bridgehead atoms. The van der Waals surface area contributed by atoms with Crippen LogP contribution in [0.25, 0.3) is 0 Å². The summed E-state index contributed by atoms with van der Waals surface area (Å²) in [5.74, 6) is 0.153. The van der Waals surface area contributed by atoms with Crippen LogP contribution in [0.4, 0.5) is 10.6 Å². The average molecular weight is 274 g/mol. The van der Waals surface area contributed by atoms with Crippen LogP contribution in [-0.4, -0.2) is 60.6 Å². The Kier molecular flexibility index (Phi) is 3.32. The Morgan fingerprint density at radius 2 is 2.32 bits per heavy atom. The van der Waals surface area contributed by atoms with Crippen LogP contribution in [0, 0.1) is 0 Å². The Balaban J connectivity index is 2.32. The third kappa shape index (κ3) is 2.10. The average Bonchev–Trinajstić information content (AvgIpc) is 2.86. The molecular formula is C9H14N4O6. The predicted octanol–water partition coefficient (Wildman–Crippen LogP) is -2.33. The van der Waals surface area contributed by atoms with Crippen molar-refractivity contribution in [3.05, 3.63) is 12.5 Å². The summed E-state index contributed by atoms with van der Waals surface area (Å²) in [5.41, 5.74) is 3.57. The van der Waals surface area contributed by atoms with Crippen molar-refractivity contribution in [1.29, 1.82) is 0 Å². The molecule has 2 heterocycles. The van der Waals surface area contributed by atoms with E-state index in [1.807, 2.05) is 5.32 Å². The van der Waals surface area contributed by atoms with E-state index in [0.29, 0.717) is 0 Å². The highest BCUT2D eigenvalue weighted by molar-refractivity contribution is 5.65. The quantitative estimate of drug-likeness (QED) is 0.357. The Labute approximate surface area is 107 Å². The number of amides is 1. The SMILES string of the molecule is Nc1cncn1C1O[C@@](CO)(NC(=O)O)[C@@H](O)[C@H]1O. The zero-order valence-corrected chi connectivity index (χ0v) is 9.67. The molecule has 19 heavy (non-hydrogen) atoms. The molecule has 10 heteroatoms. The number of nitrogen functional groups attached to an aromatic ring is 1. The maximum atomic E-state index is 10.7. The van der Waals surface area contributed by atoms with Gasteiger partial charge >= 0.3 is 6.09 Å². The number of ether oxygens (including phenoxy) is 1. The Morgan fingerprint density at radius 1 is 1.63 bits per heavy atom. The number of carboxylic acid groups (broad SMARTS) is 1. The van der Waals surface area contributed by atoms with E-state index in [1.165, 1.54) is 17.1 Å². The molecule has 1 aliphatic heterocycles. The summed E-state index contributed by atoms with van der Waals surface area (Å²) in [7, 11) is 0. The largest absolute Gasteiger partial charge is 0.465 e. The van der Waals surface area contributed by atoms with E-state index in [9.17, 15) is 20.1 Å². The minimum atomic E-state index is -2.02. The van der Waals surface area contributed by atoms with Crippen molar-refractivity contribution in [3.8, 4) is 0 Å². The van der Waals surface area contributed by atoms with Crippen LogP contribution >= 0.6 is 0 Å². The molecule has 7 N–H and O–H groups in total. The van der Waals surface area contributed by atoms with Gasteiger partial charge in [0.2, 0.25) is 0 Å². The fraction of sp³-hybridized carbons (Fsp3) is 0.556. The molecule has 1 aliphatic rings. The van der Waals surface area contributed by atoms with Gasteiger partial charge in [0, 0.05) is 0 Å². The first kappa shape index (κ1) is 13.5. The molecule has 10 nitrogen and oxygen atoms in total. The van der Waals surface area contributed by atoms with Crippen molar-refractivity contribution < 1.29 is 30.0 Å². The van der Waals surface area contributed by atoms with E-state index >= 15 is 0 Å². The highest BCUT2D eigenvalue weighted by atomic mass is 16.6. The van der Waals surface area contributed by atoms with Gasteiger partial charge in [0.25, 0.3) is 0 Å². The van der Waals surface area contributed by atoms with Gasteiger partial charge in [0.05, 0.1) is 19.1 Å². The van der Waals surface area contributed by atoms with Crippen LogP contribution in [-0.2, 0) is 4.74 Å². The van der Waals surface area contributed by atoms with Crippen molar-refractivity contribution in [2.24, 2.45) is 0 Å². The van der Waals surface area contributed by atoms with Crippen LogP contribution in [0.1, 0.15) is 6.23 Å².